The van der Waals surface area contributed by atoms with Gasteiger partial charge in [0.05, 0.1) is 21.8 Å². The number of nitrogens with zero attached hydrogens (tertiary/aromatic N) is 2. The number of aromatic nitrogens is 1. The van der Waals surface area contributed by atoms with Crippen molar-refractivity contribution in [3.8, 4) is 0 Å². The molecule has 98 valence electrons. The zero-order chi connectivity index (χ0) is 13.6. The summed E-state index contributed by atoms with van der Waals surface area (Å²) in [6.07, 6.45) is 0.883. The van der Waals surface area contributed by atoms with E-state index >= 15 is 0 Å². The minimum Gasteiger partial charge on any atom is -0.478 e. The van der Waals surface area contributed by atoms with Crippen molar-refractivity contribution in [3.63, 3.8) is 0 Å². The average molecular weight is 277 g/mol. The molecular formula is C14H13ClN2O2. The summed E-state index contributed by atoms with van der Waals surface area (Å²) in [5.74, 6) is -0.949. The third-order valence-corrected chi connectivity index (χ3v) is 3.94. The van der Waals surface area contributed by atoms with Gasteiger partial charge in [-0.3, -0.25) is 4.98 Å². The van der Waals surface area contributed by atoms with Crippen molar-refractivity contribution in [3.05, 3.63) is 40.0 Å². The van der Waals surface area contributed by atoms with E-state index in [0.717, 1.165) is 36.2 Å². The molecule has 0 spiro atoms. The number of carbonyl (C=O) groups is 1. The molecule has 1 aliphatic rings. The molecule has 1 aliphatic heterocycles. The summed E-state index contributed by atoms with van der Waals surface area (Å²) in [6, 6.07) is 4.89. The lowest BCUT2D eigenvalue weighted by molar-refractivity contribution is 0.0697. The Kier molecular flexibility index (Phi) is 2.92. The van der Waals surface area contributed by atoms with Crippen LogP contribution in [0.25, 0.3) is 10.9 Å². The number of halogens is 1. The van der Waals surface area contributed by atoms with Gasteiger partial charge in [-0.25, -0.2) is 4.79 Å². The fourth-order valence-corrected chi connectivity index (χ4v) is 2.83. The van der Waals surface area contributed by atoms with Crippen molar-refractivity contribution >= 4 is 28.5 Å². The second-order valence-corrected chi connectivity index (χ2v) is 5.25. The molecule has 0 amide bonds. The molecule has 1 aromatic heterocycles. The van der Waals surface area contributed by atoms with Crippen LogP contribution in [0.3, 0.4) is 0 Å². The smallest absolute Gasteiger partial charge is 0.335 e. The van der Waals surface area contributed by atoms with Gasteiger partial charge in [0, 0.05) is 18.5 Å². The Morgan fingerprint density at radius 2 is 2.26 bits per heavy atom. The van der Waals surface area contributed by atoms with Crippen molar-refractivity contribution in [1.82, 2.24) is 9.88 Å². The maximum Gasteiger partial charge on any atom is 0.335 e. The highest BCUT2D eigenvalue weighted by atomic mass is 35.5. The molecule has 0 unspecified atom stereocenters. The van der Waals surface area contributed by atoms with Crippen molar-refractivity contribution in [1.29, 1.82) is 0 Å². The maximum absolute atomic E-state index is 11.0. The summed E-state index contributed by atoms with van der Waals surface area (Å²) in [7, 11) is 2.04. The number of hydrogen-bond acceptors (Lipinski definition) is 3. The Morgan fingerprint density at radius 1 is 1.47 bits per heavy atom. The second-order valence-electron chi connectivity index (χ2n) is 4.88. The number of hydrogen-bond donors (Lipinski definition) is 1. The van der Waals surface area contributed by atoms with E-state index in [-0.39, 0.29) is 5.56 Å². The highest BCUT2D eigenvalue weighted by molar-refractivity contribution is 6.36. The molecule has 19 heavy (non-hydrogen) atoms. The van der Waals surface area contributed by atoms with Crippen LogP contribution in [0.2, 0.25) is 5.02 Å². The van der Waals surface area contributed by atoms with Crippen molar-refractivity contribution < 1.29 is 9.90 Å². The number of fused-ring (bicyclic) bond motifs is 2. The van der Waals surface area contributed by atoms with Gasteiger partial charge in [-0.2, -0.15) is 0 Å². The van der Waals surface area contributed by atoms with Crippen LogP contribution < -0.4 is 0 Å². The lowest BCUT2D eigenvalue weighted by Gasteiger charge is -2.25. The van der Waals surface area contributed by atoms with Crippen molar-refractivity contribution in [2.24, 2.45) is 0 Å². The molecule has 0 atom stereocenters. The summed E-state index contributed by atoms with van der Waals surface area (Å²) in [5, 5.41) is 10.6. The van der Waals surface area contributed by atoms with Crippen molar-refractivity contribution in [2.75, 3.05) is 13.6 Å². The largest absolute Gasteiger partial charge is 0.478 e. The Labute approximate surface area is 115 Å². The molecule has 0 saturated carbocycles. The Hall–Kier alpha value is -1.65. The normalized spacial score (nSPS) is 15.5. The first-order valence-corrected chi connectivity index (χ1v) is 6.47. The zero-order valence-electron chi connectivity index (χ0n) is 10.5. The lowest BCUT2D eigenvalue weighted by Crippen LogP contribution is -2.27. The van der Waals surface area contributed by atoms with Crippen molar-refractivity contribution in [2.45, 2.75) is 13.0 Å². The van der Waals surface area contributed by atoms with Gasteiger partial charge in [-0.05, 0) is 31.2 Å². The van der Waals surface area contributed by atoms with Gasteiger partial charge in [0.2, 0.25) is 0 Å². The summed E-state index contributed by atoms with van der Waals surface area (Å²) in [6.45, 7) is 1.72. The van der Waals surface area contributed by atoms with E-state index in [1.807, 2.05) is 7.05 Å². The predicted octanol–water partition coefficient (Wildman–Crippen LogP) is 2.57. The summed E-state index contributed by atoms with van der Waals surface area (Å²) in [4.78, 5) is 17.8. The summed E-state index contributed by atoms with van der Waals surface area (Å²) >= 11 is 6.43. The quantitative estimate of drug-likeness (QED) is 0.870. The standard InChI is InChI=1S/C14H13ClN2O2/c1-17-5-4-10-12(7-17)16-11-6-8(14(18)19)2-3-9(11)13(10)15/h2-3,6H,4-5,7H2,1H3,(H,18,19). The molecule has 0 bridgehead atoms. The number of benzene rings is 1. The third-order valence-electron chi connectivity index (χ3n) is 3.51. The van der Waals surface area contributed by atoms with Gasteiger partial charge in [0.15, 0.2) is 0 Å². The fourth-order valence-electron chi connectivity index (χ4n) is 2.47. The van der Waals surface area contributed by atoms with E-state index in [2.05, 4.69) is 9.88 Å². The van der Waals surface area contributed by atoms with Gasteiger partial charge in [0.25, 0.3) is 0 Å². The minimum atomic E-state index is -0.949. The van der Waals surface area contributed by atoms with E-state index < -0.39 is 5.97 Å². The average Bonchev–Trinajstić information content (AvgIpc) is 2.37. The second kappa shape index (κ2) is 4.47. The molecule has 0 fully saturated rings. The first-order chi connectivity index (χ1) is 9.06. The number of carboxylic acids is 1. The molecule has 0 radical (unpaired) electrons. The molecule has 0 aliphatic carbocycles. The molecule has 2 heterocycles. The van der Waals surface area contributed by atoms with Gasteiger partial charge >= 0.3 is 5.97 Å². The van der Waals surface area contributed by atoms with Gasteiger partial charge in [-0.1, -0.05) is 17.7 Å². The number of carboxylic acid groups (broad SMARTS) is 1. The Morgan fingerprint density at radius 3 is 3.00 bits per heavy atom. The summed E-state index contributed by atoms with van der Waals surface area (Å²) < 4.78 is 0. The van der Waals surface area contributed by atoms with Crippen LogP contribution in [0.15, 0.2) is 18.2 Å². The topological polar surface area (TPSA) is 53.4 Å². The Bertz CT molecular complexity index is 685. The van der Waals surface area contributed by atoms with Crippen LogP contribution in [-0.2, 0) is 13.0 Å². The molecular weight excluding hydrogens is 264 g/mol. The molecule has 4 nitrogen and oxygen atoms in total. The number of likely N-dealkylation sites (N-methyl/N-ethyl adjacent to an activating group) is 1. The maximum atomic E-state index is 11.0. The number of rotatable bonds is 1. The number of pyridine rings is 1. The van der Waals surface area contributed by atoms with Crippen LogP contribution in [0, 0.1) is 0 Å². The zero-order valence-corrected chi connectivity index (χ0v) is 11.2. The Balaban J connectivity index is 2.24. The van der Waals surface area contributed by atoms with E-state index in [0.29, 0.717) is 10.5 Å². The molecule has 1 aromatic carbocycles. The van der Waals surface area contributed by atoms with Gasteiger partial charge in [-0.15, -0.1) is 0 Å². The van der Waals surface area contributed by atoms with E-state index in [9.17, 15) is 4.79 Å². The SMILES string of the molecule is CN1CCc2c(nc3cc(C(=O)O)ccc3c2Cl)C1. The van der Waals surface area contributed by atoms with Gasteiger partial charge in [0.1, 0.15) is 0 Å². The predicted molar refractivity (Wildman–Crippen MR) is 73.8 cm³/mol. The van der Waals surface area contributed by atoms with Crippen LogP contribution in [-0.4, -0.2) is 34.6 Å². The van der Waals surface area contributed by atoms with E-state index in [4.69, 9.17) is 16.7 Å². The first kappa shape index (κ1) is 12.4. The molecule has 1 N–H and O–H groups in total. The van der Waals surface area contributed by atoms with E-state index in [1.165, 1.54) is 0 Å². The first-order valence-electron chi connectivity index (χ1n) is 6.09. The van der Waals surface area contributed by atoms with Crippen LogP contribution in [0.4, 0.5) is 0 Å². The summed E-state index contributed by atoms with van der Waals surface area (Å²) in [5.41, 5.74) is 2.93. The van der Waals surface area contributed by atoms with Crippen LogP contribution in [0.5, 0.6) is 0 Å². The highest BCUT2D eigenvalue weighted by Crippen LogP contribution is 2.31. The fraction of sp³-hybridized carbons (Fsp3) is 0.286. The van der Waals surface area contributed by atoms with Gasteiger partial charge < -0.3 is 10.0 Å². The van der Waals surface area contributed by atoms with Crippen LogP contribution >= 0.6 is 11.6 Å². The number of aromatic carboxylic acids is 1. The molecule has 2 aromatic rings. The lowest BCUT2D eigenvalue weighted by atomic mass is 10.0. The monoisotopic (exact) mass is 276 g/mol. The highest BCUT2D eigenvalue weighted by Gasteiger charge is 2.20. The van der Waals surface area contributed by atoms with E-state index in [1.54, 1.807) is 18.2 Å². The molecule has 0 saturated heterocycles. The molecule has 3 rings (SSSR count). The van der Waals surface area contributed by atoms with Crippen LogP contribution in [0.1, 0.15) is 21.6 Å². The minimum absolute atomic E-state index is 0.236. The molecule has 5 heteroatoms. The third kappa shape index (κ3) is 2.07.